The predicted octanol–water partition coefficient (Wildman–Crippen LogP) is 6.28. The monoisotopic (exact) mass is 410 g/mol. The minimum atomic E-state index is 0.0225. The molecule has 0 heterocycles. The third-order valence-corrected chi connectivity index (χ3v) is 4.08. The molecule has 0 aliphatic rings. The standard InChI is InChI=1S/C18H35IO2/c1-3-20-18(21-4-2)16-14-12-10-8-6-5-7-9-11-13-15-17-19/h11,13,18H,3-10,12,14-17H2,1-2H3/b13-11+. The molecule has 21 heavy (non-hydrogen) atoms. The van der Waals surface area contributed by atoms with E-state index in [4.69, 9.17) is 9.47 Å². The SMILES string of the molecule is CCOC(CCCCCCCCC/C=C/CCI)OCC. The van der Waals surface area contributed by atoms with Crippen LogP contribution in [0.3, 0.4) is 0 Å². The molecule has 0 saturated carbocycles. The third kappa shape index (κ3) is 16.6. The molecule has 0 amide bonds. The minimum Gasteiger partial charge on any atom is -0.353 e. The van der Waals surface area contributed by atoms with E-state index in [9.17, 15) is 0 Å². The average molecular weight is 410 g/mol. The van der Waals surface area contributed by atoms with E-state index in [2.05, 4.69) is 34.7 Å². The highest BCUT2D eigenvalue weighted by atomic mass is 127. The Bertz CT molecular complexity index is 213. The Morgan fingerprint density at radius 2 is 1.29 bits per heavy atom. The Kier molecular flexibility index (Phi) is 18.8. The maximum atomic E-state index is 5.55. The van der Waals surface area contributed by atoms with Crippen LogP contribution in [0.1, 0.15) is 78.1 Å². The summed E-state index contributed by atoms with van der Waals surface area (Å²) in [5.41, 5.74) is 0. The van der Waals surface area contributed by atoms with E-state index in [1.807, 2.05) is 13.8 Å². The van der Waals surface area contributed by atoms with E-state index in [0.29, 0.717) is 0 Å². The van der Waals surface area contributed by atoms with Crippen molar-refractivity contribution in [2.45, 2.75) is 84.3 Å². The first-order valence-electron chi connectivity index (χ1n) is 8.79. The number of allylic oxidation sites excluding steroid dienone is 2. The average Bonchev–Trinajstić information content (AvgIpc) is 2.48. The molecule has 0 spiro atoms. The molecule has 0 N–H and O–H groups in total. The van der Waals surface area contributed by atoms with Gasteiger partial charge in [-0.3, -0.25) is 0 Å². The summed E-state index contributed by atoms with van der Waals surface area (Å²) in [6.07, 6.45) is 17.6. The second-order valence-corrected chi connectivity index (χ2v) is 6.42. The van der Waals surface area contributed by atoms with Gasteiger partial charge in [0, 0.05) is 17.6 Å². The van der Waals surface area contributed by atoms with Crippen LogP contribution in [0.4, 0.5) is 0 Å². The first kappa shape index (κ1) is 21.4. The highest BCUT2D eigenvalue weighted by Gasteiger charge is 2.06. The molecular formula is C18H35IO2. The second-order valence-electron chi connectivity index (χ2n) is 5.34. The topological polar surface area (TPSA) is 18.5 Å². The lowest BCUT2D eigenvalue weighted by Gasteiger charge is -2.16. The molecule has 0 bridgehead atoms. The number of halogens is 1. The largest absolute Gasteiger partial charge is 0.353 e. The van der Waals surface area contributed by atoms with Crippen molar-refractivity contribution in [1.82, 2.24) is 0 Å². The molecule has 0 unspecified atom stereocenters. The molecule has 0 aliphatic heterocycles. The van der Waals surface area contributed by atoms with Crippen LogP contribution in [0.25, 0.3) is 0 Å². The minimum absolute atomic E-state index is 0.0225. The summed E-state index contributed by atoms with van der Waals surface area (Å²) in [6, 6.07) is 0. The lowest BCUT2D eigenvalue weighted by Crippen LogP contribution is -2.17. The lowest BCUT2D eigenvalue weighted by molar-refractivity contribution is -0.140. The normalized spacial score (nSPS) is 11.8. The van der Waals surface area contributed by atoms with Crippen molar-refractivity contribution in [2.75, 3.05) is 17.6 Å². The number of rotatable bonds is 16. The van der Waals surface area contributed by atoms with Gasteiger partial charge in [0.25, 0.3) is 0 Å². The van der Waals surface area contributed by atoms with E-state index >= 15 is 0 Å². The van der Waals surface area contributed by atoms with Crippen molar-refractivity contribution >= 4 is 22.6 Å². The molecule has 0 aromatic carbocycles. The maximum absolute atomic E-state index is 5.55. The lowest BCUT2D eigenvalue weighted by atomic mass is 10.1. The summed E-state index contributed by atoms with van der Waals surface area (Å²) in [5.74, 6) is 0. The first-order valence-corrected chi connectivity index (χ1v) is 10.3. The zero-order chi connectivity index (χ0) is 15.6. The van der Waals surface area contributed by atoms with E-state index in [0.717, 1.165) is 19.6 Å². The number of ether oxygens (including phenoxy) is 2. The summed E-state index contributed by atoms with van der Waals surface area (Å²) in [7, 11) is 0. The molecular weight excluding hydrogens is 375 g/mol. The van der Waals surface area contributed by atoms with Crippen molar-refractivity contribution in [3.63, 3.8) is 0 Å². The van der Waals surface area contributed by atoms with Gasteiger partial charge in [-0.2, -0.15) is 0 Å². The van der Waals surface area contributed by atoms with Gasteiger partial charge in [-0.15, -0.1) is 0 Å². The van der Waals surface area contributed by atoms with Gasteiger partial charge < -0.3 is 9.47 Å². The fourth-order valence-corrected chi connectivity index (χ4v) is 2.70. The van der Waals surface area contributed by atoms with Crippen LogP contribution in [0, 0.1) is 0 Å². The number of alkyl halides is 1. The Morgan fingerprint density at radius 3 is 1.86 bits per heavy atom. The van der Waals surface area contributed by atoms with E-state index in [-0.39, 0.29) is 6.29 Å². The van der Waals surface area contributed by atoms with Gasteiger partial charge in [-0.1, -0.05) is 66.8 Å². The van der Waals surface area contributed by atoms with Gasteiger partial charge in [0.1, 0.15) is 0 Å². The quantitative estimate of drug-likeness (QED) is 0.0981. The van der Waals surface area contributed by atoms with E-state index in [1.165, 1.54) is 62.2 Å². The van der Waals surface area contributed by atoms with Crippen LogP contribution < -0.4 is 0 Å². The van der Waals surface area contributed by atoms with Crippen molar-refractivity contribution in [1.29, 1.82) is 0 Å². The smallest absolute Gasteiger partial charge is 0.157 e. The van der Waals surface area contributed by atoms with Crippen LogP contribution in [-0.2, 0) is 9.47 Å². The van der Waals surface area contributed by atoms with Crippen LogP contribution in [0.15, 0.2) is 12.2 Å². The van der Waals surface area contributed by atoms with E-state index in [1.54, 1.807) is 0 Å². The van der Waals surface area contributed by atoms with Crippen molar-refractivity contribution < 1.29 is 9.47 Å². The van der Waals surface area contributed by atoms with Gasteiger partial charge in [-0.25, -0.2) is 0 Å². The summed E-state index contributed by atoms with van der Waals surface area (Å²) in [6.45, 7) is 5.56. The van der Waals surface area contributed by atoms with Gasteiger partial charge in [0.15, 0.2) is 6.29 Å². The molecule has 0 aliphatic carbocycles. The summed E-state index contributed by atoms with van der Waals surface area (Å²) < 4.78 is 12.3. The number of unbranched alkanes of at least 4 members (excludes halogenated alkanes) is 7. The summed E-state index contributed by atoms with van der Waals surface area (Å²) in [4.78, 5) is 0. The predicted molar refractivity (Wildman–Crippen MR) is 101 cm³/mol. The van der Waals surface area contributed by atoms with Gasteiger partial charge in [-0.05, 0) is 46.0 Å². The fraction of sp³-hybridized carbons (Fsp3) is 0.889. The zero-order valence-electron chi connectivity index (χ0n) is 14.1. The molecule has 0 radical (unpaired) electrons. The molecule has 3 heteroatoms. The summed E-state index contributed by atoms with van der Waals surface area (Å²) >= 11 is 2.42. The Labute approximate surface area is 146 Å². The highest BCUT2D eigenvalue weighted by molar-refractivity contribution is 14.1. The van der Waals surface area contributed by atoms with Crippen molar-refractivity contribution in [2.24, 2.45) is 0 Å². The Balaban J connectivity index is 3.24. The molecule has 0 atom stereocenters. The zero-order valence-corrected chi connectivity index (χ0v) is 16.3. The summed E-state index contributed by atoms with van der Waals surface area (Å²) in [5, 5.41) is 0. The molecule has 0 aromatic heterocycles. The van der Waals surface area contributed by atoms with Crippen molar-refractivity contribution in [3.05, 3.63) is 12.2 Å². The van der Waals surface area contributed by atoms with Crippen LogP contribution in [-0.4, -0.2) is 23.9 Å². The fourth-order valence-electron chi connectivity index (χ4n) is 2.34. The highest BCUT2D eigenvalue weighted by Crippen LogP contribution is 2.12. The first-order chi connectivity index (χ1) is 10.3. The molecule has 0 rings (SSSR count). The molecule has 126 valence electrons. The van der Waals surface area contributed by atoms with Crippen molar-refractivity contribution in [3.8, 4) is 0 Å². The Hall–Kier alpha value is 0.390. The third-order valence-electron chi connectivity index (χ3n) is 3.46. The number of hydrogen-bond acceptors (Lipinski definition) is 2. The molecule has 0 aromatic rings. The second kappa shape index (κ2) is 18.4. The van der Waals surface area contributed by atoms with Crippen LogP contribution >= 0.6 is 22.6 Å². The Morgan fingerprint density at radius 1 is 0.762 bits per heavy atom. The molecule has 2 nitrogen and oxygen atoms in total. The van der Waals surface area contributed by atoms with Crippen LogP contribution in [0.2, 0.25) is 0 Å². The van der Waals surface area contributed by atoms with E-state index < -0.39 is 0 Å². The number of hydrogen-bond donors (Lipinski definition) is 0. The molecule has 0 fully saturated rings. The van der Waals surface area contributed by atoms with Gasteiger partial charge in [0.05, 0.1) is 0 Å². The maximum Gasteiger partial charge on any atom is 0.157 e. The van der Waals surface area contributed by atoms with Crippen LogP contribution in [0.5, 0.6) is 0 Å². The van der Waals surface area contributed by atoms with Gasteiger partial charge >= 0.3 is 0 Å². The van der Waals surface area contributed by atoms with Gasteiger partial charge in [0.2, 0.25) is 0 Å². The molecule has 0 saturated heterocycles.